The van der Waals surface area contributed by atoms with Crippen LogP contribution in [0.1, 0.15) is 101 Å². The number of benzene rings is 4. The first-order valence-corrected chi connectivity index (χ1v) is 11.0. The minimum Gasteiger partial charge on any atom is -0.0587 e. The maximum Gasteiger partial charge on any atom is -0.00235 e. The highest BCUT2D eigenvalue weighted by atomic mass is 14.2. The summed E-state index contributed by atoms with van der Waals surface area (Å²) in [6, 6.07) is 14.8. The van der Waals surface area contributed by atoms with Crippen LogP contribution in [0.4, 0.5) is 0 Å². The van der Waals surface area contributed by atoms with E-state index >= 15 is 0 Å². The van der Waals surface area contributed by atoms with Crippen molar-refractivity contribution >= 4 is 32.3 Å². The summed E-state index contributed by atoms with van der Waals surface area (Å²) in [6.07, 6.45) is 0. The molecule has 28 heavy (non-hydrogen) atoms. The van der Waals surface area contributed by atoms with E-state index in [1.54, 1.807) is 0 Å². The van der Waals surface area contributed by atoms with Gasteiger partial charge in [-0.1, -0.05) is 91.8 Å². The fraction of sp³-hybridized carbons (Fsp3) is 0.429. The smallest absolute Gasteiger partial charge is 0.00235 e. The topological polar surface area (TPSA) is 0 Å². The highest BCUT2D eigenvalue weighted by Gasteiger charge is 2.20. The van der Waals surface area contributed by atoms with E-state index in [1.807, 2.05) is 0 Å². The van der Waals surface area contributed by atoms with Crippen LogP contribution >= 0.6 is 0 Å². The molecule has 0 bridgehead atoms. The quantitative estimate of drug-likeness (QED) is 0.314. The fourth-order valence-electron chi connectivity index (χ4n) is 4.73. The Bertz CT molecular complexity index is 1060. The lowest BCUT2D eigenvalue weighted by Gasteiger charge is -2.23. The molecule has 0 spiro atoms. The second kappa shape index (κ2) is 6.76. The zero-order chi connectivity index (χ0) is 20.3. The van der Waals surface area contributed by atoms with Crippen molar-refractivity contribution in [3.05, 3.63) is 58.7 Å². The molecule has 0 heterocycles. The van der Waals surface area contributed by atoms with Gasteiger partial charge in [0, 0.05) is 0 Å². The van der Waals surface area contributed by atoms with Crippen molar-refractivity contribution in [2.75, 3.05) is 0 Å². The maximum atomic E-state index is 2.48. The van der Waals surface area contributed by atoms with Gasteiger partial charge in [0.05, 0.1) is 0 Å². The number of hydrogen-bond acceptors (Lipinski definition) is 0. The minimum atomic E-state index is 0.515. The minimum absolute atomic E-state index is 0.515. The Labute approximate surface area is 170 Å². The van der Waals surface area contributed by atoms with Gasteiger partial charge in [-0.3, -0.25) is 0 Å². The van der Waals surface area contributed by atoms with E-state index in [1.165, 1.54) is 54.6 Å². The standard InChI is InChI=1S/C28H34/c1-15(2)19-9-21-13-24(18(7)8)26-12-20(16(3)4)10-22-14-23(17(5)6)25(11-19)27(21)28(22)26/h9-18H,1-8H3. The van der Waals surface area contributed by atoms with E-state index in [0.717, 1.165) is 0 Å². The Morgan fingerprint density at radius 1 is 0.429 bits per heavy atom. The van der Waals surface area contributed by atoms with Crippen molar-refractivity contribution in [1.29, 1.82) is 0 Å². The lowest BCUT2D eigenvalue weighted by atomic mass is 9.81. The van der Waals surface area contributed by atoms with Gasteiger partial charge in [-0.05, 0) is 78.2 Å². The predicted octanol–water partition coefficient (Wildman–Crippen LogP) is 9.08. The van der Waals surface area contributed by atoms with E-state index in [0.29, 0.717) is 23.7 Å². The van der Waals surface area contributed by atoms with Crippen LogP contribution in [0.15, 0.2) is 36.4 Å². The van der Waals surface area contributed by atoms with Gasteiger partial charge in [-0.2, -0.15) is 0 Å². The molecule has 0 amide bonds. The van der Waals surface area contributed by atoms with Gasteiger partial charge in [0.1, 0.15) is 0 Å². The van der Waals surface area contributed by atoms with Crippen LogP contribution in [0.25, 0.3) is 32.3 Å². The van der Waals surface area contributed by atoms with Gasteiger partial charge in [-0.25, -0.2) is 0 Å². The summed E-state index contributed by atoms with van der Waals surface area (Å²) in [5.74, 6) is 2.11. The summed E-state index contributed by atoms with van der Waals surface area (Å²) < 4.78 is 0. The Kier molecular flexibility index (Phi) is 4.65. The Morgan fingerprint density at radius 2 is 0.786 bits per heavy atom. The Balaban J connectivity index is 2.30. The molecule has 0 atom stereocenters. The van der Waals surface area contributed by atoms with Crippen molar-refractivity contribution in [1.82, 2.24) is 0 Å². The number of hydrogen-bond donors (Lipinski definition) is 0. The van der Waals surface area contributed by atoms with E-state index < -0.39 is 0 Å². The van der Waals surface area contributed by atoms with Crippen molar-refractivity contribution in [2.24, 2.45) is 0 Å². The Hall–Kier alpha value is -2.08. The van der Waals surface area contributed by atoms with Crippen LogP contribution in [-0.4, -0.2) is 0 Å². The third-order valence-electron chi connectivity index (χ3n) is 6.45. The van der Waals surface area contributed by atoms with Crippen LogP contribution in [0.3, 0.4) is 0 Å². The zero-order valence-electron chi connectivity index (χ0n) is 18.8. The molecule has 0 aliphatic carbocycles. The predicted molar refractivity (Wildman–Crippen MR) is 127 cm³/mol. The first-order chi connectivity index (χ1) is 13.2. The van der Waals surface area contributed by atoms with Crippen molar-refractivity contribution in [3.63, 3.8) is 0 Å². The van der Waals surface area contributed by atoms with E-state index in [-0.39, 0.29) is 0 Å². The highest BCUT2D eigenvalue weighted by molar-refractivity contribution is 6.25. The zero-order valence-corrected chi connectivity index (χ0v) is 18.8. The molecular formula is C28H34. The molecule has 0 unspecified atom stereocenters. The average Bonchev–Trinajstić information content (AvgIpc) is 2.63. The molecule has 0 fully saturated rings. The van der Waals surface area contributed by atoms with Crippen molar-refractivity contribution in [3.8, 4) is 0 Å². The first-order valence-electron chi connectivity index (χ1n) is 11.0. The monoisotopic (exact) mass is 370 g/mol. The molecule has 0 N–H and O–H groups in total. The molecule has 0 aliphatic heterocycles. The molecule has 146 valence electrons. The first kappa shape index (κ1) is 19.2. The largest absolute Gasteiger partial charge is 0.0587 e. The van der Waals surface area contributed by atoms with Gasteiger partial charge >= 0.3 is 0 Å². The summed E-state index contributed by atoms with van der Waals surface area (Å²) in [4.78, 5) is 0. The summed E-state index contributed by atoms with van der Waals surface area (Å²) in [5.41, 5.74) is 5.87. The van der Waals surface area contributed by atoms with Crippen LogP contribution in [0, 0.1) is 0 Å². The molecule has 0 nitrogen and oxygen atoms in total. The second-order valence-electron chi connectivity index (χ2n) is 9.88. The maximum absolute atomic E-state index is 2.48. The van der Waals surface area contributed by atoms with Gasteiger partial charge in [-0.15, -0.1) is 0 Å². The fourth-order valence-corrected chi connectivity index (χ4v) is 4.73. The van der Waals surface area contributed by atoms with Crippen molar-refractivity contribution in [2.45, 2.75) is 79.1 Å². The number of rotatable bonds is 4. The molecule has 0 saturated carbocycles. The summed E-state index contributed by atoms with van der Waals surface area (Å²) in [5, 5.41) is 8.70. The van der Waals surface area contributed by atoms with Crippen LogP contribution < -0.4 is 0 Å². The summed E-state index contributed by atoms with van der Waals surface area (Å²) in [7, 11) is 0. The lowest BCUT2D eigenvalue weighted by Crippen LogP contribution is -2.00. The molecule has 0 aliphatic rings. The van der Waals surface area contributed by atoms with Crippen LogP contribution in [0.5, 0.6) is 0 Å². The van der Waals surface area contributed by atoms with E-state index in [9.17, 15) is 0 Å². The molecule has 0 saturated heterocycles. The lowest BCUT2D eigenvalue weighted by molar-refractivity contribution is 0.860. The third kappa shape index (κ3) is 2.89. The molecule has 4 rings (SSSR count). The van der Waals surface area contributed by atoms with E-state index in [4.69, 9.17) is 0 Å². The van der Waals surface area contributed by atoms with E-state index in [2.05, 4.69) is 91.8 Å². The highest BCUT2D eigenvalue weighted by Crippen LogP contribution is 2.44. The summed E-state index contributed by atoms with van der Waals surface area (Å²) in [6.45, 7) is 18.5. The molecule has 4 aromatic rings. The molecule has 0 radical (unpaired) electrons. The second-order valence-corrected chi connectivity index (χ2v) is 9.88. The van der Waals surface area contributed by atoms with Gasteiger partial charge < -0.3 is 0 Å². The normalized spacial score (nSPS) is 12.9. The summed E-state index contributed by atoms with van der Waals surface area (Å²) >= 11 is 0. The Morgan fingerprint density at radius 3 is 1.07 bits per heavy atom. The third-order valence-corrected chi connectivity index (χ3v) is 6.45. The van der Waals surface area contributed by atoms with Gasteiger partial charge in [0.2, 0.25) is 0 Å². The van der Waals surface area contributed by atoms with Crippen molar-refractivity contribution < 1.29 is 0 Å². The molecule has 0 aromatic heterocycles. The van der Waals surface area contributed by atoms with Gasteiger partial charge in [0.25, 0.3) is 0 Å². The SMILES string of the molecule is CC(C)c1cc2cc(C(C)C)c3cc(C(C)C)cc4cc(C(C)C)c(c1)c2c43. The average molecular weight is 371 g/mol. The molecular weight excluding hydrogens is 336 g/mol. The molecule has 4 aromatic carbocycles. The van der Waals surface area contributed by atoms with Crippen LogP contribution in [0.2, 0.25) is 0 Å². The van der Waals surface area contributed by atoms with Gasteiger partial charge in [0.15, 0.2) is 0 Å². The molecule has 0 heteroatoms. The van der Waals surface area contributed by atoms with Crippen LogP contribution in [-0.2, 0) is 0 Å².